The van der Waals surface area contributed by atoms with Crippen molar-refractivity contribution in [2.24, 2.45) is 34.0 Å². The monoisotopic (exact) mass is 350 g/mol. The van der Waals surface area contributed by atoms with Crippen LogP contribution in [-0.2, 0) is 14.3 Å². The van der Waals surface area contributed by atoms with E-state index in [-0.39, 0.29) is 35.4 Å². The summed E-state index contributed by atoms with van der Waals surface area (Å²) < 4.78 is 6.17. The molecule has 0 amide bonds. The lowest BCUT2D eigenvalue weighted by molar-refractivity contribution is -0.179. The molecule has 5 nitrogen and oxygen atoms in total. The molecule has 2 bridgehead atoms. The third-order valence-corrected chi connectivity index (χ3v) is 8.74. The zero-order chi connectivity index (χ0) is 18.4. The Bertz CT molecular complexity index is 642. The van der Waals surface area contributed by atoms with Gasteiger partial charge in [0, 0.05) is 5.41 Å². The lowest BCUT2D eigenvalue weighted by Gasteiger charge is -2.60. The van der Waals surface area contributed by atoms with Gasteiger partial charge in [0.25, 0.3) is 0 Å². The topological polar surface area (TPSA) is 87.1 Å². The molecule has 7 atom stereocenters. The van der Waals surface area contributed by atoms with Gasteiger partial charge in [-0.1, -0.05) is 6.92 Å². The lowest BCUT2D eigenvalue weighted by Crippen LogP contribution is -2.57. The van der Waals surface area contributed by atoms with E-state index in [1.54, 1.807) is 13.8 Å². The zero-order valence-corrected chi connectivity index (χ0v) is 15.7. The van der Waals surface area contributed by atoms with Gasteiger partial charge in [0.05, 0.1) is 23.5 Å². The van der Waals surface area contributed by atoms with E-state index >= 15 is 0 Å². The van der Waals surface area contributed by atoms with Gasteiger partial charge < -0.3 is 14.9 Å². The molecule has 1 saturated heterocycles. The Balaban J connectivity index is 1.78. The number of hydrogen-bond acceptors (Lipinski definition) is 3. The van der Waals surface area contributed by atoms with Crippen molar-refractivity contribution in [2.45, 2.75) is 77.9 Å². The first-order chi connectivity index (χ1) is 11.5. The van der Waals surface area contributed by atoms with E-state index in [1.165, 1.54) is 0 Å². The summed E-state index contributed by atoms with van der Waals surface area (Å²) in [6.45, 7) is 7.83. The van der Waals surface area contributed by atoms with Gasteiger partial charge in [0.1, 0.15) is 0 Å². The van der Waals surface area contributed by atoms with Crippen LogP contribution in [0.15, 0.2) is 0 Å². The predicted octanol–water partition coefficient (Wildman–Crippen LogP) is 3.56. The number of ether oxygens (including phenoxy) is 1. The third-order valence-electron chi connectivity index (χ3n) is 8.74. The molecule has 0 unspecified atom stereocenters. The minimum Gasteiger partial charge on any atom is -0.481 e. The number of rotatable bonds is 4. The van der Waals surface area contributed by atoms with Crippen LogP contribution in [0.2, 0.25) is 0 Å². The van der Waals surface area contributed by atoms with E-state index < -0.39 is 22.8 Å². The standard InChI is InChI=1S/C20H30O5/c1-17(2,16(23)24)12-7-8-20-9-11(19(4)15(20)25-19)5-6-13(20)18(12,3)10-14(21)22/h11-13,15H,5-10H2,1-4H3,(H,21,22)(H,23,24)/t11-,12-,13+,15+,18-,19+,20-/m1/s1. The van der Waals surface area contributed by atoms with Gasteiger partial charge in [-0.25, -0.2) is 0 Å². The SMILES string of the molecule is CC(C)(C(=O)O)[C@H]1CC[C@@]23C[C@@H](CC[C@H]2[C@]1(C)CC(=O)O)[C@]1(C)O[C@H]31. The van der Waals surface area contributed by atoms with Crippen molar-refractivity contribution >= 4 is 11.9 Å². The van der Waals surface area contributed by atoms with E-state index in [1.807, 2.05) is 0 Å². The van der Waals surface area contributed by atoms with Crippen LogP contribution in [-0.4, -0.2) is 33.9 Å². The average molecular weight is 350 g/mol. The molecule has 0 aromatic heterocycles. The number of carboxylic acid groups (broad SMARTS) is 2. The molecule has 4 rings (SSSR count). The number of carbonyl (C=O) groups is 2. The van der Waals surface area contributed by atoms with Gasteiger partial charge in [-0.05, 0) is 76.0 Å². The number of hydrogen-bond donors (Lipinski definition) is 2. The zero-order valence-electron chi connectivity index (χ0n) is 15.7. The van der Waals surface area contributed by atoms with E-state index in [9.17, 15) is 19.8 Å². The van der Waals surface area contributed by atoms with Crippen LogP contribution in [0.4, 0.5) is 0 Å². The van der Waals surface area contributed by atoms with Gasteiger partial charge in [0.2, 0.25) is 0 Å². The quantitative estimate of drug-likeness (QED) is 0.757. The highest BCUT2D eigenvalue weighted by atomic mass is 16.6. The van der Waals surface area contributed by atoms with Crippen LogP contribution in [0.5, 0.6) is 0 Å². The molecule has 2 N–H and O–H groups in total. The van der Waals surface area contributed by atoms with Crippen molar-refractivity contribution in [1.29, 1.82) is 0 Å². The second-order valence-corrected chi connectivity index (χ2v) is 10.1. The molecule has 0 aromatic rings. The Labute approximate surface area is 149 Å². The maximum atomic E-state index is 12.0. The molecular weight excluding hydrogens is 320 g/mol. The minimum absolute atomic E-state index is 0.00592. The Kier molecular flexibility index (Phi) is 3.32. The first-order valence-electron chi connectivity index (χ1n) is 9.61. The number of fused-ring (bicyclic) bond motifs is 3. The summed E-state index contributed by atoms with van der Waals surface area (Å²) in [6, 6.07) is 0. The molecule has 1 spiro atoms. The minimum atomic E-state index is -0.922. The first kappa shape index (κ1) is 17.3. The van der Waals surface area contributed by atoms with Crippen molar-refractivity contribution in [3.05, 3.63) is 0 Å². The van der Waals surface area contributed by atoms with E-state index in [0.717, 1.165) is 32.1 Å². The Morgan fingerprint density at radius 2 is 1.84 bits per heavy atom. The van der Waals surface area contributed by atoms with E-state index in [4.69, 9.17) is 4.74 Å². The molecule has 140 valence electrons. The molecule has 4 aliphatic rings. The number of aliphatic carboxylic acids is 2. The van der Waals surface area contributed by atoms with Gasteiger partial charge in [0.15, 0.2) is 0 Å². The van der Waals surface area contributed by atoms with Crippen molar-refractivity contribution in [1.82, 2.24) is 0 Å². The van der Waals surface area contributed by atoms with Crippen molar-refractivity contribution in [3.8, 4) is 0 Å². The Hall–Kier alpha value is -1.10. The van der Waals surface area contributed by atoms with Gasteiger partial charge >= 0.3 is 11.9 Å². The summed E-state index contributed by atoms with van der Waals surface area (Å²) >= 11 is 0. The molecule has 4 fully saturated rings. The number of carboxylic acids is 2. The normalized spacial score (nSPS) is 50.7. The van der Waals surface area contributed by atoms with Gasteiger partial charge in [-0.2, -0.15) is 0 Å². The van der Waals surface area contributed by atoms with Crippen LogP contribution < -0.4 is 0 Å². The predicted molar refractivity (Wildman–Crippen MR) is 91.0 cm³/mol. The Morgan fingerprint density at radius 1 is 1.16 bits per heavy atom. The molecule has 5 heteroatoms. The lowest BCUT2D eigenvalue weighted by atomic mass is 9.43. The van der Waals surface area contributed by atoms with Crippen LogP contribution in [0.25, 0.3) is 0 Å². The van der Waals surface area contributed by atoms with Crippen molar-refractivity contribution in [3.63, 3.8) is 0 Å². The van der Waals surface area contributed by atoms with Crippen molar-refractivity contribution in [2.75, 3.05) is 0 Å². The Morgan fingerprint density at radius 3 is 2.44 bits per heavy atom. The van der Waals surface area contributed by atoms with Crippen molar-refractivity contribution < 1.29 is 24.5 Å². The summed E-state index contributed by atoms with van der Waals surface area (Å²) in [5.41, 5.74) is -1.37. The fraction of sp³-hybridized carbons (Fsp3) is 0.900. The molecular formula is C20H30O5. The molecule has 0 aromatic carbocycles. The number of epoxide rings is 1. The fourth-order valence-electron chi connectivity index (χ4n) is 7.64. The van der Waals surface area contributed by atoms with Crippen LogP contribution in [0, 0.1) is 34.0 Å². The highest BCUT2D eigenvalue weighted by Gasteiger charge is 2.78. The van der Waals surface area contributed by atoms with E-state index in [0.29, 0.717) is 5.92 Å². The fourth-order valence-corrected chi connectivity index (χ4v) is 7.64. The molecule has 0 radical (unpaired) electrons. The van der Waals surface area contributed by atoms with Crippen LogP contribution in [0.1, 0.15) is 66.2 Å². The first-order valence-corrected chi connectivity index (χ1v) is 9.61. The van der Waals surface area contributed by atoms with Gasteiger partial charge in [-0.15, -0.1) is 0 Å². The summed E-state index contributed by atoms with van der Waals surface area (Å²) in [5, 5.41) is 19.5. The summed E-state index contributed by atoms with van der Waals surface area (Å²) in [6.07, 6.45) is 5.28. The molecule has 3 aliphatic carbocycles. The molecule has 25 heavy (non-hydrogen) atoms. The average Bonchev–Trinajstić information content (AvgIpc) is 3.15. The van der Waals surface area contributed by atoms with E-state index in [2.05, 4.69) is 13.8 Å². The molecule has 3 saturated carbocycles. The third kappa shape index (κ3) is 1.99. The second-order valence-electron chi connectivity index (χ2n) is 10.1. The maximum Gasteiger partial charge on any atom is 0.309 e. The van der Waals surface area contributed by atoms with Crippen LogP contribution >= 0.6 is 0 Å². The van der Waals surface area contributed by atoms with Gasteiger partial charge in [-0.3, -0.25) is 9.59 Å². The highest BCUT2D eigenvalue weighted by molar-refractivity contribution is 5.75. The highest BCUT2D eigenvalue weighted by Crippen LogP contribution is 2.77. The molecule has 1 heterocycles. The summed E-state index contributed by atoms with van der Waals surface area (Å²) in [4.78, 5) is 23.7. The van der Waals surface area contributed by atoms with Crippen LogP contribution in [0.3, 0.4) is 0 Å². The summed E-state index contributed by atoms with van der Waals surface area (Å²) in [7, 11) is 0. The summed E-state index contributed by atoms with van der Waals surface area (Å²) in [5.74, 6) is -0.944. The molecule has 1 aliphatic heterocycles. The maximum absolute atomic E-state index is 12.0. The second kappa shape index (κ2) is 4.79. The largest absolute Gasteiger partial charge is 0.481 e. The smallest absolute Gasteiger partial charge is 0.309 e.